The van der Waals surface area contributed by atoms with Gasteiger partial charge in [-0.2, -0.15) is 0 Å². The van der Waals surface area contributed by atoms with Crippen molar-refractivity contribution in [1.29, 1.82) is 10.8 Å². The number of para-hydroxylation sites is 1. The van der Waals surface area contributed by atoms with Crippen molar-refractivity contribution in [3.8, 4) is 11.6 Å². The number of nitrogens with one attached hydrogen (secondary N) is 3. The number of aromatic hydroxyl groups is 1. The normalized spacial score (nSPS) is 22.8. The molecule has 5 rings (SSSR count). The fourth-order valence-corrected chi connectivity index (χ4v) is 5.48. The predicted octanol–water partition coefficient (Wildman–Crippen LogP) is 2.46. The topological polar surface area (TPSA) is 135 Å². The highest BCUT2D eigenvalue weighted by molar-refractivity contribution is 6.12. The molecule has 2 unspecified atom stereocenters. The number of piperazine rings is 1. The summed E-state index contributed by atoms with van der Waals surface area (Å²) in [7, 11) is 0. The lowest BCUT2D eigenvalue weighted by Gasteiger charge is -2.44. The van der Waals surface area contributed by atoms with Gasteiger partial charge < -0.3 is 36.1 Å². The summed E-state index contributed by atoms with van der Waals surface area (Å²) >= 11 is 0. The number of fused-ring (bicyclic) bond motifs is 2. The van der Waals surface area contributed by atoms with Crippen molar-refractivity contribution in [2.45, 2.75) is 43.9 Å². The number of amidine groups is 1. The molecule has 9 heteroatoms. The predicted molar refractivity (Wildman–Crippen MR) is 137 cm³/mol. The summed E-state index contributed by atoms with van der Waals surface area (Å²) in [5, 5.41) is 30.2. The first-order chi connectivity index (χ1) is 17.0. The number of piperidine rings is 1. The second-order valence-electron chi connectivity index (χ2n) is 9.49. The number of hydrogen-bond donors (Lipinski definition) is 5. The molecule has 2 atom stereocenters. The average molecular weight is 476 g/mol. The summed E-state index contributed by atoms with van der Waals surface area (Å²) in [6.07, 6.45) is 7.72. The van der Waals surface area contributed by atoms with E-state index in [1.807, 2.05) is 12.3 Å². The maximum atomic E-state index is 10.1. The summed E-state index contributed by atoms with van der Waals surface area (Å²) in [5.41, 5.74) is 8.17. The second kappa shape index (κ2) is 9.95. The van der Waals surface area contributed by atoms with E-state index in [1.54, 1.807) is 30.3 Å². The Morgan fingerprint density at radius 1 is 1.09 bits per heavy atom. The van der Waals surface area contributed by atoms with Crippen LogP contribution in [0.5, 0.6) is 11.6 Å². The van der Waals surface area contributed by atoms with Gasteiger partial charge in [-0.15, -0.1) is 0 Å². The Labute approximate surface area is 205 Å². The SMILES string of the molecule is N=C(N)/C(=C\C(=N)c1ccccc1O)N1CC2CCC(C1)N2c1ccnc(OC2CCNCC2)c1. The lowest BCUT2D eigenvalue weighted by atomic mass is 10.1. The van der Waals surface area contributed by atoms with Crippen molar-refractivity contribution in [3.05, 3.63) is 59.9 Å². The molecule has 3 saturated heterocycles. The van der Waals surface area contributed by atoms with E-state index in [4.69, 9.17) is 21.3 Å². The third-order valence-corrected chi connectivity index (χ3v) is 7.16. The number of phenols is 1. The minimum atomic E-state index is -0.0698. The van der Waals surface area contributed by atoms with Crippen LogP contribution in [0.25, 0.3) is 0 Å². The van der Waals surface area contributed by atoms with Crippen LogP contribution in [0.15, 0.2) is 54.4 Å². The number of likely N-dealkylation sites (tertiary alicyclic amines) is 1. The molecule has 0 amide bonds. The van der Waals surface area contributed by atoms with Crippen LogP contribution in [-0.2, 0) is 0 Å². The van der Waals surface area contributed by atoms with Gasteiger partial charge in [-0.25, -0.2) is 4.98 Å². The van der Waals surface area contributed by atoms with E-state index >= 15 is 0 Å². The van der Waals surface area contributed by atoms with E-state index in [9.17, 15) is 5.11 Å². The molecule has 184 valence electrons. The van der Waals surface area contributed by atoms with E-state index in [0.29, 0.717) is 30.2 Å². The molecule has 4 heterocycles. The Morgan fingerprint density at radius 3 is 2.49 bits per heavy atom. The van der Waals surface area contributed by atoms with Crippen LogP contribution in [0.2, 0.25) is 0 Å². The van der Waals surface area contributed by atoms with Crippen molar-refractivity contribution in [2.24, 2.45) is 5.73 Å². The number of nitrogens with two attached hydrogens (primary N) is 1. The number of anilines is 1. The van der Waals surface area contributed by atoms with Crippen LogP contribution < -0.4 is 20.7 Å². The Bertz CT molecular complexity index is 1110. The molecule has 2 aromatic rings. The molecule has 0 radical (unpaired) electrons. The van der Waals surface area contributed by atoms with Crippen molar-refractivity contribution >= 4 is 17.2 Å². The molecule has 3 aliphatic rings. The maximum Gasteiger partial charge on any atom is 0.215 e. The minimum absolute atomic E-state index is 0.0433. The molecular weight excluding hydrogens is 442 g/mol. The number of rotatable bonds is 7. The highest BCUT2D eigenvalue weighted by Crippen LogP contribution is 2.37. The zero-order valence-electron chi connectivity index (χ0n) is 19.8. The van der Waals surface area contributed by atoms with E-state index in [1.165, 1.54) is 0 Å². The van der Waals surface area contributed by atoms with Crippen molar-refractivity contribution in [3.63, 3.8) is 0 Å². The number of pyridine rings is 1. The van der Waals surface area contributed by atoms with Gasteiger partial charge in [0.2, 0.25) is 5.88 Å². The van der Waals surface area contributed by atoms with E-state index in [2.05, 4.69) is 26.2 Å². The third-order valence-electron chi connectivity index (χ3n) is 7.16. The highest BCUT2D eigenvalue weighted by Gasteiger charge is 2.41. The lowest BCUT2D eigenvalue weighted by Crippen LogP contribution is -2.54. The number of ether oxygens (including phenoxy) is 1. The molecular formula is C26H33N7O2. The van der Waals surface area contributed by atoms with Crippen LogP contribution in [0, 0.1) is 10.8 Å². The fourth-order valence-electron chi connectivity index (χ4n) is 5.48. The van der Waals surface area contributed by atoms with Gasteiger partial charge >= 0.3 is 0 Å². The number of hydrogen-bond acceptors (Lipinski definition) is 8. The molecule has 1 aromatic heterocycles. The van der Waals surface area contributed by atoms with Gasteiger partial charge in [-0.05, 0) is 63.0 Å². The molecule has 0 aliphatic carbocycles. The summed E-state index contributed by atoms with van der Waals surface area (Å²) in [6, 6.07) is 11.4. The first kappa shape index (κ1) is 23.2. The number of phenolic OH excluding ortho intramolecular Hbond substituents is 1. The van der Waals surface area contributed by atoms with Gasteiger partial charge in [-0.3, -0.25) is 5.41 Å². The largest absolute Gasteiger partial charge is 0.507 e. The summed E-state index contributed by atoms with van der Waals surface area (Å²) in [5.74, 6) is 0.651. The molecule has 35 heavy (non-hydrogen) atoms. The van der Waals surface area contributed by atoms with Gasteiger partial charge in [0, 0.05) is 48.7 Å². The molecule has 3 aliphatic heterocycles. The smallest absolute Gasteiger partial charge is 0.215 e. The Hall–Kier alpha value is -3.59. The van der Waals surface area contributed by atoms with Crippen molar-refractivity contribution in [2.75, 3.05) is 31.1 Å². The fraction of sp³-hybridized carbons (Fsp3) is 0.423. The van der Waals surface area contributed by atoms with Crippen LogP contribution in [-0.4, -0.2) is 70.9 Å². The summed E-state index contributed by atoms with van der Waals surface area (Å²) in [6.45, 7) is 3.37. The van der Waals surface area contributed by atoms with Gasteiger partial charge in [0.05, 0.1) is 11.4 Å². The standard InChI is InChI=1S/C26H33N7O2/c27-22(21-3-1-2-4-24(21)34)14-23(26(28)29)32-15-18-5-6-19(16-32)33(18)17-7-12-31-25(13-17)35-20-8-10-30-11-9-20/h1-4,7,12-14,18-20,27,30,34H,5-6,8-11,15-16H2,(H3,28,29)/b23-14+,27-22?. The number of nitrogens with zero attached hydrogens (tertiary/aromatic N) is 3. The van der Waals surface area contributed by atoms with Gasteiger partial charge in [0.25, 0.3) is 0 Å². The van der Waals surface area contributed by atoms with E-state index < -0.39 is 0 Å². The summed E-state index contributed by atoms with van der Waals surface area (Å²) in [4.78, 5) is 9.03. The number of benzene rings is 1. The lowest BCUT2D eigenvalue weighted by molar-refractivity contribution is 0.156. The van der Waals surface area contributed by atoms with Crippen LogP contribution in [0.1, 0.15) is 31.2 Å². The Kier molecular flexibility index (Phi) is 6.59. The number of allylic oxidation sites excluding steroid dienone is 1. The molecule has 9 nitrogen and oxygen atoms in total. The monoisotopic (exact) mass is 475 g/mol. The highest BCUT2D eigenvalue weighted by atomic mass is 16.5. The Balaban J connectivity index is 1.32. The Morgan fingerprint density at radius 2 is 1.80 bits per heavy atom. The number of aromatic nitrogens is 1. The first-order valence-corrected chi connectivity index (χ1v) is 12.3. The van der Waals surface area contributed by atoms with Crippen LogP contribution in [0.4, 0.5) is 5.69 Å². The molecule has 2 bridgehead atoms. The minimum Gasteiger partial charge on any atom is -0.507 e. The van der Waals surface area contributed by atoms with Gasteiger partial charge in [-0.1, -0.05) is 12.1 Å². The van der Waals surface area contributed by atoms with Gasteiger partial charge in [0.1, 0.15) is 17.7 Å². The van der Waals surface area contributed by atoms with Crippen LogP contribution >= 0.6 is 0 Å². The zero-order valence-corrected chi connectivity index (χ0v) is 19.8. The van der Waals surface area contributed by atoms with E-state index in [0.717, 1.165) is 44.5 Å². The van der Waals surface area contributed by atoms with Gasteiger partial charge in [0.15, 0.2) is 0 Å². The third kappa shape index (κ3) is 4.95. The molecule has 6 N–H and O–H groups in total. The van der Waals surface area contributed by atoms with Crippen molar-refractivity contribution in [1.82, 2.24) is 15.2 Å². The quantitative estimate of drug-likeness (QED) is 0.307. The molecule has 1 aromatic carbocycles. The zero-order chi connectivity index (χ0) is 24.4. The average Bonchev–Trinajstić information content (AvgIpc) is 3.12. The van der Waals surface area contributed by atoms with E-state index in [-0.39, 0.29) is 35.5 Å². The molecule has 0 saturated carbocycles. The molecule has 0 spiro atoms. The van der Waals surface area contributed by atoms with Crippen LogP contribution in [0.3, 0.4) is 0 Å². The maximum absolute atomic E-state index is 10.1. The van der Waals surface area contributed by atoms with Crippen molar-refractivity contribution < 1.29 is 9.84 Å². The summed E-state index contributed by atoms with van der Waals surface area (Å²) < 4.78 is 6.18. The first-order valence-electron chi connectivity index (χ1n) is 12.3. The second-order valence-corrected chi connectivity index (χ2v) is 9.49. The molecule has 3 fully saturated rings.